The van der Waals surface area contributed by atoms with Gasteiger partial charge < -0.3 is 15.0 Å². The molecule has 0 bridgehead atoms. The van der Waals surface area contributed by atoms with E-state index in [0.29, 0.717) is 16.9 Å². The van der Waals surface area contributed by atoms with Crippen molar-refractivity contribution in [2.24, 2.45) is 0 Å². The molecule has 0 saturated heterocycles. The van der Waals surface area contributed by atoms with Crippen LogP contribution in [0.4, 0.5) is 21.9 Å². The van der Waals surface area contributed by atoms with Gasteiger partial charge in [-0.3, -0.25) is 10.1 Å². The first-order valence-electron chi connectivity index (χ1n) is 8.33. The van der Waals surface area contributed by atoms with E-state index < -0.39 is 11.7 Å². The second kappa shape index (κ2) is 7.91. The van der Waals surface area contributed by atoms with E-state index in [-0.39, 0.29) is 5.91 Å². The molecular formula is C20H25N3O3. The predicted octanol–water partition coefficient (Wildman–Crippen LogP) is 4.35. The molecule has 0 heterocycles. The maximum atomic E-state index is 12.3. The van der Waals surface area contributed by atoms with Gasteiger partial charge in [0.1, 0.15) is 5.60 Å². The predicted molar refractivity (Wildman–Crippen MR) is 105 cm³/mol. The third-order valence-electron chi connectivity index (χ3n) is 3.43. The van der Waals surface area contributed by atoms with Gasteiger partial charge in [-0.05, 0) is 69.3 Å². The number of ether oxygens (including phenoxy) is 1. The molecule has 6 nitrogen and oxygen atoms in total. The molecule has 2 aromatic carbocycles. The highest BCUT2D eigenvalue weighted by atomic mass is 16.6. The molecule has 2 N–H and O–H groups in total. The van der Waals surface area contributed by atoms with Crippen LogP contribution in [0.3, 0.4) is 0 Å². The minimum Gasteiger partial charge on any atom is -0.444 e. The summed E-state index contributed by atoms with van der Waals surface area (Å²) in [7, 11) is 3.89. The SMILES string of the molecule is CN(C)c1ccc(C(=O)Nc2ccc(NC(=O)OC(C)(C)C)cc2)cc1. The molecule has 2 rings (SSSR count). The van der Waals surface area contributed by atoms with Gasteiger partial charge in [0.05, 0.1) is 0 Å². The number of carbonyl (C=O) groups excluding carboxylic acids is 2. The lowest BCUT2D eigenvalue weighted by Crippen LogP contribution is -2.27. The summed E-state index contributed by atoms with van der Waals surface area (Å²) in [6.07, 6.45) is -0.518. The van der Waals surface area contributed by atoms with Gasteiger partial charge in [0.15, 0.2) is 0 Å². The van der Waals surface area contributed by atoms with Gasteiger partial charge in [0, 0.05) is 36.7 Å². The summed E-state index contributed by atoms with van der Waals surface area (Å²) in [6, 6.07) is 14.2. The second-order valence-corrected chi connectivity index (χ2v) is 7.10. The zero-order chi connectivity index (χ0) is 19.3. The molecule has 0 atom stereocenters. The van der Waals surface area contributed by atoms with Crippen LogP contribution in [0.1, 0.15) is 31.1 Å². The van der Waals surface area contributed by atoms with Crippen molar-refractivity contribution in [1.29, 1.82) is 0 Å². The topological polar surface area (TPSA) is 70.7 Å². The molecule has 0 saturated carbocycles. The molecule has 0 aliphatic carbocycles. The summed E-state index contributed by atoms with van der Waals surface area (Å²) >= 11 is 0. The monoisotopic (exact) mass is 355 g/mol. The molecule has 138 valence electrons. The van der Waals surface area contributed by atoms with Crippen LogP contribution in [0.25, 0.3) is 0 Å². The zero-order valence-corrected chi connectivity index (χ0v) is 15.8. The fourth-order valence-corrected chi connectivity index (χ4v) is 2.17. The van der Waals surface area contributed by atoms with Crippen molar-refractivity contribution in [1.82, 2.24) is 0 Å². The zero-order valence-electron chi connectivity index (χ0n) is 15.8. The highest BCUT2D eigenvalue weighted by Crippen LogP contribution is 2.17. The van der Waals surface area contributed by atoms with E-state index in [1.54, 1.807) is 57.2 Å². The first-order chi connectivity index (χ1) is 12.1. The highest BCUT2D eigenvalue weighted by Gasteiger charge is 2.16. The van der Waals surface area contributed by atoms with Crippen molar-refractivity contribution in [3.63, 3.8) is 0 Å². The summed E-state index contributed by atoms with van der Waals surface area (Å²) < 4.78 is 5.20. The van der Waals surface area contributed by atoms with Crippen LogP contribution in [0.2, 0.25) is 0 Å². The highest BCUT2D eigenvalue weighted by molar-refractivity contribution is 6.04. The largest absolute Gasteiger partial charge is 0.444 e. The quantitative estimate of drug-likeness (QED) is 0.855. The van der Waals surface area contributed by atoms with Crippen molar-refractivity contribution >= 4 is 29.1 Å². The van der Waals surface area contributed by atoms with Gasteiger partial charge in [-0.25, -0.2) is 4.79 Å². The fraction of sp³-hybridized carbons (Fsp3) is 0.300. The van der Waals surface area contributed by atoms with E-state index in [1.807, 2.05) is 31.1 Å². The van der Waals surface area contributed by atoms with Crippen LogP contribution in [0.5, 0.6) is 0 Å². The van der Waals surface area contributed by atoms with Crippen molar-refractivity contribution < 1.29 is 14.3 Å². The Balaban J connectivity index is 1.96. The van der Waals surface area contributed by atoms with Crippen molar-refractivity contribution in [2.45, 2.75) is 26.4 Å². The lowest BCUT2D eigenvalue weighted by atomic mass is 10.2. The summed E-state index contributed by atoms with van der Waals surface area (Å²) in [5.41, 5.74) is 2.28. The molecule has 6 heteroatoms. The summed E-state index contributed by atoms with van der Waals surface area (Å²) in [6.45, 7) is 5.41. The van der Waals surface area contributed by atoms with Crippen LogP contribution in [-0.4, -0.2) is 31.7 Å². The molecule has 0 fully saturated rings. The number of anilines is 3. The van der Waals surface area contributed by atoms with Crippen LogP contribution in [0.15, 0.2) is 48.5 Å². The Bertz CT molecular complexity index is 760. The minimum atomic E-state index is -0.555. The Labute approximate surface area is 154 Å². The molecule has 2 amide bonds. The van der Waals surface area contributed by atoms with E-state index in [0.717, 1.165) is 5.69 Å². The molecule has 26 heavy (non-hydrogen) atoms. The van der Waals surface area contributed by atoms with Gasteiger partial charge in [0.2, 0.25) is 0 Å². The van der Waals surface area contributed by atoms with Crippen LogP contribution < -0.4 is 15.5 Å². The first-order valence-corrected chi connectivity index (χ1v) is 8.33. The average Bonchev–Trinajstić information content (AvgIpc) is 2.55. The Hall–Kier alpha value is -3.02. The van der Waals surface area contributed by atoms with Crippen molar-refractivity contribution in [2.75, 3.05) is 29.6 Å². The van der Waals surface area contributed by atoms with Crippen LogP contribution in [0, 0.1) is 0 Å². The Morgan fingerprint density at radius 3 is 1.81 bits per heavy atom. The third kappa shape index (κ3) is 5.81. The number of rotatable bonds is 4. The number of hydrogen-bond donors (Lipinski definition) is 2. The van der Waals surface area contributed by atoms with Gasteiger partial charge in [0.25, 0.3) is 5.91 Å². The van der Waals surface area contributed by atoms with E-state index in [9.17, 15) is 9.59 Å². The van der Waals surface area contributed by atoms with Crippen LogP contribution >= 0.6 is 0 Å². The van der Waals surface area contributed by atoms with E-state index in [1.165, 1.54) is 0 Å². The lowest BCUT2D eigenvalue weighted by molar-refractivity contribution is 0.0635. The number of amides is 2. The van der Waals surface area contributed by atoms with Gasteiger partial charge in [-0.15, -0.1) is 0 Å². The number of carbonyl (C=O) groups is 2. The van der Waals surface area contributed by atoms with Crippen molar-refractivity contribution in [3.05, 3.63) is 54.1 Å². The van der Waals surface area contributed by atoms with E-state index in [2.05, 4.69) is 10.6 Å². The number of nitrogens with zero attached hydrogens (tertiary/aromatic N) is 1. The van der Waals surface area contributed by atoms with Crippen molar-refractivity contribution in [3.8, 4) is 0 Å². The molecule has 0 aliphatic heterocycles. The molecule has 0 radical (unpaired) electrons. The maximum absolute atomic E-state index is 12.3. The molecule has 0 aromatic heterocycles. The normalized spacial score (nSPS) is 10.8. The Morgan fingerprint density at radius 2 is 1.35 bits per heavy atom. The van der Waals surface area contributed by atoms with Crippen LogP contribution in [-0.2, 0) is 4.74 Å². The van der Waals surface area contributed by atoms with Gasteiger partial charge in [-0.2, -0.15) is 0 Å². The lowest BCUT2D eigenvalue weighted by Gasteiger charge is -2.19. The van der Waals surface area contributed by atoms with E-state index in [4.69, 9.17) is 4.74 Å². The molecule has 0 aliphatic rings. The Morgan fingerprint density at radius 1 is 0.846 bits per heavy atom. The van der Waals surface area contributed by atoms with Gasteiger partial charge in [-0.1, -0.05) is 0 Å². The third-order valence-corrected chi connectivity index (χ3v) is 3.43. The molecular weight excluding hydrogens is 330 g/mol. The summed E-state index contributed by atoms with van der Waals surface area (Å²) in [5, 5.41) is 5.48. The molecule has 0 unspecified atom stereocenters. The first kappa shape index (κ1) is 19.3. The maximum Gasteiger partial charge on any atom is 0.412 e. The number of hydrogen-bond acceptors (Lipinski definition) is 4. The number of nitrogens with one attached hydrogen (secondary N) is 2. The molecule has 2 aromatic rings. The second-order valence-electron chi connectivity index (χ2n) is 7.10. The molecule has 0 spiro atoms. The number of benzene rings is 2. The smallest absolute Gasteiger partial charge is 0.412 e. The summed E-state index contributed by atoms with van der Waals surface area (Å²) in [5.74, 6) is -0.192. The Kier molecular flexibility index (Phi) is 5.87. The summed E-state index contributed by atoms with van der Waals surface area (Å²) in [4.78, 5) is 26.0. The van der Waals surface area contributed by atoms with Gasteiger partial charge >= 0.3 is 6.09 Å². The minimum absolute atomic E-state index is 0.192. The van der Waals surface area contributed by atoms with E-state index >= 15 is 0 Å². The standard InChI is InChI=1S/C20H25N3O3/c1-20(2,3)26-19(25)22-16-10-8-15(9-11-16)21-18(24)14-6-12-17(13-7-14)23(4)5/h6-13H,1-5H3,(H,21,24)(H,22,25). The fourth-order valence-electron chi connectivity index (χ4n) is 2.17. The average molecular weight is 355 g/mol.